The molecule has 1 aromatic heterocycles. The molecule has 2 heterocycles. The average Bonchev–Trinajstić information content (AvgIpc) is 2.89. The first-order valence-electron chi connectivity index (χ1n) is 7.44. The fourth-order valence-corrected chi connectivity index (χ4v) is 3.34. The van der Waals surface area contributed by atoms with Crippen LogP contribution < -0.4 is 4.74 Å². The van der Waals surface area contributed by atoms with Crippen molar-refractivity contribution >= 4 is 11.3 Å². The summed E-state index contributed by atoms with van der Waals surface area (Å²) in [6.45, 7) is 7.15. The first-order valence-corrected chi connectivity index (χ1v) is 8.25. The van der Waals surface area contributed by atoms with Crippen molar-refractivity contribution in [2.45, 2.75) is 39.3 Å². The highest BCUT2D eigenvalue weighted by Crippen LogP contribution is 2.21. The summed E-state index contributed by atoms with van der Waals surface area (Å²) < 4.78 is 6.06. The summed E-state index contributed by atoms with van der Waals surface area (Å²) in [4.78, 5) is 2.44. The predicted molar refractivity (Wildman–Crippen MR) is 84.8 cm³/mol. The van der Waals surface area contributed by atoms with Crippen LogP contribution >= 0.6 is 11.3 Å². The van der Waals surface area contributed by atoms with Gasteiger partial charge in [0, 0.05) is 13.1 Å². The maximum Gasteiger partial charge on any atom is 0.131 e. The second-order valence-electron chi connectivity index (χ2n) is 5.62. The van der Waals surface area contributed by atoms with E-state index < -0.39 is 0 Å². The highest BCUT2D eigenvalue weighted by atomic mass is 32.1. The lowest BCUT2D eigenvalue weighted by molar-refractivity contribution is 0.0966. The summed E-state index contributed by atoms with van der Waals surface area (Å²) >= 11 is 1.69. The van der Waals surface area contributed by atoms with Crippen molar-refractivity contribution in [1.29, 1.82) is 0 Å². The molecule has 5 heteroatoms. The highest BCUT2D eigenvalue weighted by molar-refractivity contribution is 7.11. The summed E-state index contributed by atoms with van der Waals surface area (Å²) in [5.74, 6) is 0.985. The molecule has 0 saturated carbocycles. The van der Waals surface area contributed by atoms with E-state index in [0.29, 0.717) is 6.10 Å². The van der Waals surface area contributed by atoms with Crippen molar-refractivity contribution in [2.75, 3.05) is 13.1 Å². The molecule has 0 unspecified atom stereocenters. The van der Waals surface area contributed by atoms with E-state index in [4.69, 9.17) is 4.74 Å². The molecule has 4 nitrogen and oxygen atoms in total. The van der Waals surface area contributed by atoms with Gasteiger partial charge >= 0.3 is 0 Å². The van der Waals surface area contributed by atoms with E-state index in [9.17, 15) is 0 Å². The number of aryl methyl sites for hydroxylation is 2. The van der Waals surface area contributed by atoms with Crippen LogP contribution in [0.1, 0.15) is 28.4 Å². The van der Waals surface area contributed by atoms with Gasteiger partial charge in [0.1, 0.15) is 21.9 Å². The van der Waals surface area contributed by atoms with Crippen molar-refractivity contribution in [3.05, 3.63) is 39.8 Å². The van der Waals surface area contributed by atoms with Gasteiger partial charge < -0.3 is 4.74 Å². The molecular weight excluding hydrogens is 282 g/mol. The van der Waals surface area contributed by atoms with Gasteiger partial charge in [-0.1, -0.05) is 17.7 Å². The first-order chi connectivity index (χ1) is 10.2. The second kappa shape index (κ2) is 6.54. The Balaban J connectivity index is 1.47. The van der Waals surface area contributed by atoms with Crippen LogP contribution in [0.2, 0.25) is 0 Å². The lowest BCUT2D eigenvalue weighted by Gasteiger charge is -2.31. The lowest BCUT2D eigenvalue weighted by Crippen LogP contribution is -2.37. The number of ether oxygens (including phenoxy) is 1. The molecule has 1 aliphatic heterocycles. The zero-order valence-electron chi connectivity index (χ0n) is 12.6. The zero-order chi connectivity index (χ0) is 14.7. The van der Waals surface area contributed by atoms with Crippen LogP contribution in [0.15, 0.2) is 24.3 Å². The smallest absolute Gasteiger partial charge is 0.131 e. The highest BCUT2D eigenvalue weighted by Gasteiger charge is 2.21. The van der Waals surface area contributed by atoms with E-state index in [1.54, 1.807) is 11.3 Å². The minimum atomic E-state index is 0.333. The Kier molecular flexibility index (Phi) is 4.51. The van der Waals surface area contributed by atoms with Crippen LogP contribution in [0, 0.1) is 13.8 Å². The molecule has 0 atom stereocenters. The Morgan fingerprint density at radius 3 is 2.48 bits per heavy atom. The van der Waals surface area contributed by atoms with E-state index in [1.807, 2.05) is 6.92 Å². The van der Waals surface area contributed by atoms with Gasteiger partial charge in [0.2, 0.25) is 0 Å². The Morgan fingerprint density at radius 1 is 1.14 bits per heavy atom. The van der Waals surface area contributed by atoms with Gasteiger partial charge in [-0.25, -0.2) is 0 Å². The Labute approximate surface area is 129 Å². The predicted octanol–water partition coefficient (Wildman–Crippen LogP) is 3.20. The topological polar surface area (TPSA) is 38.2 Å². The van der Waals surface area contributed by atoms with Crippen molar-refractivity contribution in [2.24, 2.45) is 0 Å². The molecule has 0 spiro atoms. The first kappa shape index (κ1) is 14.5. The van der Waals surface area contributed by atoms with Gasteiger partial charge in [0.15, 0.2) is 0 Å². The molecule has 112 valence electrons. The molecule has 0 aliphatic carbocycles. The van der Waals surface area contributed by atoms with Gasteiger partial charge in [0.05, 0.1) is 6.54 Å². The lowest BCUT2D eigenvalue weighted by atomic mass is 10.1. The van der Waals surface area contributed by atoms with Gasteiger partial charge in [-0.05, 0) is 38.8 Å². The molecule has 1 saturated heterocycles. The molecule has 3 rings (SSSR count). The molecular formula is C16H21N3OS. The van der Waals surface area contributed by atoms with Crippen molar-refractivity contribution in [1.82, 2.24) is 15.1 Å². The fourth-order valence-electron chi connectivity index (χ4n) is 2.59. The third kappa shape index (κ3) is 4.02. The average molecular weight is 303 g/mol. The number of piperidine rings is 1. The number of nitrogens with zero attached hydrogens (tertiary/aromatic N) is 3. The van der Waals surface area contributed by atoms with Crippen LogP contribution in [0.25, 0.3) is 0 Å². The molecule has 0 bridgehead atoms. The molecule has 1 fully saturated rings. The zero-order valence-corrected chi connectivity index (χ0v) is 13.4. The number of aromatic nitrogens is 2. The Hall–Kier alpha value is -1.46. The molecule has 1 aromatic carbocycles. The number of benzene rings is 1. The van der Waals surface area contributed by atoms with Crippen molar-refractivity contribution in [3.8, 4) is 5.75 Å². The van der Waals surface area contributed by atoms with E-state index in [-0.39, 0.29) is 0 Å². The Bertz CT molecular complexity index is 573. The van der Waals surface area contributed by atoms with Crippen LogP contribution in [-0.4, -0.2) is 34.3 Å². The second-order valence-corrected chi connectivity index (χ2v) is 6.89. The largest absolute Gasteiger partial charge is 0.490 e. The van der Waals surface area contributed by atoms with Crippen molar-refractivity contribution in [3.63, 3.8) is 0 Å². The number of likely N-dealkylation sites (tertiary alicyclic amines) is 1. The minimum absolute atomic E-state index is 0.333. The number of hydrogen-bond acceptors (Lipinski definition) is 5. The van der Waals surface area contributed by atoms with E-state index in [2.05, 4.69) is 46.3 Å². The summed E-state index contributed by atoms with van der Waals surface area (Å²) in [5, 5.41) is 10.4. The van der Waals surface area contributed by atoms with E-state index in [1.165, 1.54) is 5.56 Å². The SMILES string of the molecule is Cc1ccc(OC2CCN(Cc3nnc(C)s3)CC2)cc1. The third-order valence-electron chi connectivity index (χ3n) is 3.79. The molecule has 1 aliphatic rings. The maximum atomic E-state index is 6.06. The van der Waals surface area contributed by atoms with Crippen LogP contribution in [-0.2, 0) is 6.54 Å². The standard InChI is InChI=1S/C16H21N3OS/c1-12-3-5-14(6-4-12)20-15-7-9-19(10-8-15)11-16-18-17-13(2)21-16/h3-6,15H,7-11H2,1-2H3. The molecule has 0 N–H and O–H groups in total. The summed E-state index contributed by atoms with van der Waals surface area (Å²) in [7, 11) is 0. The molecule has 2 aromatic rings. The maximum absolute atomic E-state index is 6.06. The van der Waals surface area contributed by atoms with Gasteiger partial charge in [-0.2, -0.15) is 0 Å². The van der Waals surface area contributed by atoms with Crippen LogP contribution in [0.4, 0.5) is 0 Å². The summed E-state index contributed by atoms with van der Waals surface area (Å²) in [6.07, 6.45) is 2.48. The molecule has 0 amide bonds. The number of hydrogen-bond donors (Lipinski definition) is 0. The third-order valence-corrected chi connectivity index (χ3v) is 4.61. The molecule has 0 radical (unpaired) electrons. The van der Waals surface area contributed by atoms with Crippen LogP contribution in [0.3, 0.4) is 0 Å². The minimum Gasteiger partial charge on any atom is -0.490 e. The monoisotopic (exact) mass is 303 g/mol. The van der Waals surface area contributed by atoms with Gasteiger partial charge in [-0.15, -0.1) is 21.5 Å². The quantitative estimate of drug-likeness (QED) is 0.869. The van der Waals surface area contributed by atoms with Crippen molar-refractivity contribution < 1.29 is 4.74 Å². The van der Waals surface area contributed by atoms with Gasteiger partial charge in [0.25, 0.3) is 0 Å². The normalized spacial score (nSPS) is 17.0. The molecule has 21 heavy (non-hydrogen) atoms. The number of rotatable bonds is 4. The van der Waals surface area contributed by atoms with E-state index >= 15 is 0 Å². The van der Waals surface area contributed by atoms with E-state index in [0.717, 1.165) is 48.2 Å². The summed E-state index contributed by atoms with van der Waals surface area (Å²) in [5.41, 5.74) is 1.27. The summed E-state index contributed by atoms with van der Waals surface area (Å²) in [6, 6.07) is 8.32. The van der Waals surface area contributed by atoms with Crippen LogP contribution in [0.5, 0.6) is 5.75 Å². The Morgan fingerprint density at radius 2 is 1.86 bits per heavy atom. The van der Waals surface area contributed by atoms with Gasteiger partial charge in [-0.3, -0.25) is 4.90 Å². The fraction of sp³-hybridized carbons (Fsp3) is 0.500.